The van der Waals surface area contributed by atoms with Gasteiger partial charge in [-0.2, -0.15) is 0 Å². The van der Waals surface area contributed by atoms with Gasteiger partial charge >= 0.3 is 0 Å². The molecule has 33 heavy (non-hydrogen) atoms. The van der Waals surface area contributed by atoms with Crippen molar-refractivity contribution in [3.63, 3.8) is 0 Å². The van der Waals surface area contributed by atoms with E-state index in [-0.39, 0.29) is 30.5 Å². The molecule has 0 amide bonds. The molecule has 0 aromatic heterocycles. The number of phenolic OH excluding ortho intramolecular Hbond substituents is 3. The molecule has 4 rings (SSSR count). The normalized spacial score (nSPS) is 11.5. The second-order valence-electron chi connectivity index (χ2n) is 7.49. The first-order valence-corrected chi connectivity index (χ1v) is 10.5. The van der Waals surface area contributed by atoms with Crippen LogP contribution in [0.25, 0.3) is 11.5 Å². The minimum absolute atomic E-state index is 0.0982. The van der Waals surface area contributed by atoms with Crippen molar-refractivity contribution in [2.24, 2.45) is 0 Å². The zero-order chi connectivity index (χ0) is 23.0. The van der Waals surface area contributed by atoms with Crippen LogP contribution in [0, 0.1) is 0 Å². The van der Waals surface area contributed by atoms with Crippen LogP contribution >= 0.6 is 0 Å². The molecule has 4 aromatic rings. The summed E-state index contributed by atoms with van der Waals surface area (Å²) in [5.74, 6) is 0.701. The average molecular weight is 440 g/mol. The molecule has 0 saturated heterocycles. The maximum atomic E-state index is 10.1. The van der Waals surface area contributed by atoms with Crippen LogP contribution in [0.5, 0.6) is 17.2 Å². The molecule has 5 heteroatoms. The van der Waals surface area contributed by atoms with Crippen molar-refractivity contribution in [2.45, 2.75) is 13.2 Å². The standard InChI is InChI=1S/C28H24O5/c29-24-13-11-22(12-14-24)27(32-18-20-7-3-1-4-8-20)28(23-15-25(30)17-26(31)16-23)33-19-21-9-5-2-6-10-21/h1-17,29-31H,18-19H2. The maximum Gasteiger partial charge on any atom is 0.169 e. The summed E-state index contributed by atoms with van der Waals surface area (Å²) in [6, 6.07) is 30.2. The van der Waals surface area contributed by atoms with Gasteiger partial charge in [-0.3, -0.25) is 0 Å². The van der Waals surface area contributed by atoms with E-state index >= 15 is 0 Å². The molecule has 3 N–H and O–H groups in total. The summed E-state index contributed by atoms with van der Waals surface area (Å²) in [5, 5.41) is 30.0. The lowest BCUT2D eigenvalue weighted by Crippen LogP contribution is -2.02. The van der Waals surface area contributed by atoms with E-state index < -0.39 is 0 Å². The minimum Gasteiger partial charge on any atom is -0.508 e. The quantitative estimate of drug-likeness (QED) is 0.229. The van der Waals surface area contributed by atoms with Gasteiger partial charge in [0.05, 0.1) is 0 Å². The third-order valence-corrected chi connectivity index (χ3v) is 4.95. The zero-order valence-corrected chi connectivity index (χ0v) is 17.9. The highest BCUT2D eigenvalue weighted by atomic mass is 16.5. The highest BCUT2D eigenvalue weighted by Gasteiger charge is 2.18. The Balaban J connectivity index is 1.80. The number of rotatable bonds is 8. The Morgan fingerprint density at radius 1 is 0.485 bits per heavy atom. The van der Waals surface area contributed by atoms with Gasteiger partial charge in [0.1, 0.15) is 30.5 Å². The van der Waals surface area contributed by atoms with Gasteiger partial charge in [-0.25, -0.2) is 0 Å². The Morgan fingerprint density at radius 2 is 0.939 bits per heavy atom. The molecule has 0 aliphatic carbocycles. The van der Waals surface area contributed by atoms with E-state index in [1.165, 1.54) is 18.2 Å². The van der Waals surface area contributed by atoms with Crippen LogP contribution in [0.15, 0.2) is 103 Å². The van der Waals surface area contributed by atoms with Crippen molar-refractivity contribution in [1.29, 1.82) is 0 Å². The molecule has 0 bridgehead atoms. The lowest BCUT2D eigenvalue weighted by atomic mass is 10.1. The molecule has 0 aliphatic heterocycles. The number of aromatic hydroxyl groups is 3. The van der Waals surface area contributed by atoms with Crippen molar-refractivity contribution in [3.8, 4) is 17.2 Å². The number of hydrogen-bond acceptors (Lipinski definition) is 5. The molecule has 4 aromatic carbocycles. The molecule has 0 spiro atoms. The number of ether oxygens (including phenoxy) is 2. The molecule has 0 unspecified atom stereocenters. The van der Waals surface area contributed by atoms with Crippen molar-refractivity contribution in [1.82, 2.24) is 0 Å². The van der Waals surface area contributed by atoms with Crippen LogP contribution in [-0.4, -0.2) is 15.3 Å². The highest BCUT2D eigenvalue weighted by molar-refractivity contribution is 5.85. The number of benzene rings is 4. The molecule has 0 atom stereocenters. The molecule has 0 radical (unpaired) electrons. The number of hydrogen-bond donors (Lipinski definition) is 3. The summed E-state index contributed by atoms with van der Waals surface area (Å²) in [6.07, 6.45) is 0. The van der Waals surface area contributed by atoms with Gasteiger partial charge in [-0.15, -0.1) is 0 Å². The molecule has 166 valence electrons. The van der Waals surface area contributed by atoms with Crippen LogP contribution in [0.3, 0.4) is 0 Å². The van der Waals surface area contributed by atoms with Crippen molar-refractivity contribution in [3.05, 3.63) is 125 Å². The summed E-state index contributed by atoms with van der Waals surface area (Å²) in [6.45, 7) is 0.531. The van der Waals surface area contributed by atoms with Crippen LogP contribution in [0.4, 0.5) is 0 Å². The average Bonchev–Trinajstić information content (AvgIpc) is 2.82. The first-order valence-electron chi connectivity index (χ1n) is 10.5. The fourth-order valence-electron chi connectivity index (χ4n) is 3.36. The van der Waals surface area contributed by atoms with Gasteiger partial charge in [0.2, 0.25) is 0 Å². The van der Waals surface area contributed by atoms with Crippen LogP contribution in [-0.2, 0) is 22.7 Å². The summed E-state index contributed by atoms with van der Waals surface area (Å²) in [4.78, 5) is 0. The summed E-state index contributed by atoms with van der Waals surface area (Å²) >= 11 is 0. The summed E-state index contributed by atoms with van der Waals surface area (Å²) in [5.41, 5.74) is 3.05. The van der Waals surface area contributed by atoms with Crippen molar-refractivity contribution < 1.29 is 24.8 Å². The lowest BCUT2D eigenvalue weighted by Gasteiger charge is -2.19. The lowest BCUT2D eigenvalue weighted by molar-refractivity contribution is 0.229. The van der Waals surface area contributed by atoms with E-state index in [0.717, 1.165) is 11.1 Å². The van der Waals surface area contributed by atoms with Crippen LogP contribution in [0.2, 0.25) is 0 Å². The predicted molar refractivity (Wildman–Crippen MR) is 127 cm³/mol. The third kappa shape index (κ3) is 5.86. The Hall–Kier alpha value is -4.38. The second-order valence-corrected chi connectivity index (χ2v) is 7.49. The Morgan fingerprint density at radius 3 is 1.42 bits per heavy atom. The van der Waals surface area contributed by atoms with Gasteiger partial charge in [0.15, 0.2) is 11.5 Å². The molecule has 0 fully saturated rings. The van der Waals surface area contributed by atoms with E-state index in [2.05, 4.69) is 0 Å². The first kappa shape index (κ1) is 21.8. The third-order valence-electron chi connectivity index (χ3n) is 4.95. The van der Waals surface area contributed by atoms with E-state index in [0.29, 0.717) is 22.6 Å². The molecular weight excluding hydrogens is 416 g/mol. The van der Waals surface area contributed by atoms with Crippen LogP contribution in [0.1, 0.15) is 22.3 Å². The van der Waals surface area contributed by atoms with Crippen LogP contribution < -0.4 is 0 Å². The van der Waals surface area contributed by atoms with Gasteiger partial charge < -0.3 is 24.8 Å². The van der Waals surface area contributed by atoms with Crippen molar-refractivity contribution >= 4 is 11.5 Å². The Labute approximate surface area is 192 Å². The van der Waals surface area contributed by atoms with Gasteiger partial charge in [0.25, 0.3) is 0 Å². The van der Waals surface area contributed by atoms with E-state index in [4.69, 9.17) is 9.47 Å². The topological polar surface area (TPSA) is 79.2 Å². The maximum absolute atomic E-state index is 10.1. The molecule has 0 aliphatic rings. The molecule has 5 nitrogen and oxygen atoms in total. The van der Waals surface area contributed by atoms with Crippen molar-refractivity contribution in [2.75, 3.05) is 0 Å². The smallest absolute Gasteiger partial charge is 0.169 e. The number of phenols is 3. The van der Waals surface area contributed by atoms with E-state index in [1.807, 2.05) is 60.7 Å². The largest absolute Gasteiger partial charge is 0.508 e. The first-order chi connectivity index (χ1) is 16.1. The van der Waals surface area contributed by atoms with Gasteiger partial charge in [-0.1, -0.05) is 60.7 Å². The van der Waals surface area contributed by atoms with E-state index in [1.54, 1.807) is 24.3 Å². The zero-order valence-electron chi connectivity index (χ0n) is 17.9. The molecule has 0 saturated carbocycles. The van der Waals surface area contributed by atoms with E-state index in [9.17, 15) is 15.3 Å². The predicted octanol–water partition coefficient (Wildman–Crippen LogP) is 6.06. The Bertz CT molecular complexity index is 1200. The fraction of sp³-hybridized carbons (Fsp3) is 0.0714. The summed E-state index contributed by atoms with van der Waals surface area (Å²) < 4.78 is 12.5. The highest BCUT2D eigenvalue weighted by Crippen LogP contribution is 2.34. The fourth-order valence-corrected chi connectivity index (χ4v) is 3.36. The Kier molecular flexibility index (Phi) is 6.81. The second kappa shape index (κ2) is 10.3. The monoisotopic (exact) mass is 440 g/mol. The molecular formula is C28H24O5. The SMILES string of the molecule is Oc1ccc(C(OCc2ccccc2)=C(OCc2ccccc2)c2cc(O)cc(O)c2)cc1. The summed E-state index contributed by atoms with van der Waals surface area (Å²) in [7, 11) is 0. The van der Waals surface area contributed by atoms with Gasteiger partial charge in [-0.05, 0) is 47.5 Å². The van der Waals surface area contributed by atoms with Gasteiger partial charge in [0, 0.05) is 17.2 Å². The molecule has 0 heterocycles. The minimum atomic E-state index is -0.0982.